The molecule has 21 heavy (non-hydrogen) atoms. The first kappa shape index (κ1) is 15.9. The molecule has 1 amide bonds. The van der Waals surface area contributed by atoms with Gasteiger partial charge in [0.1, 0.15) is 0 Å². The number of nitrogens with one attached hydrogen (secondary N) is 1. The number of carbonyl (C=O) groups is 1. The molecule has 0 bridgehead atoms. The fourth-order valence-corrected chi connectivity index (χ4v) is 2.78. The number of benzene rings is 1. The lowest BCUT2D eigenvalue weighted by Crippen LogP contribution is -2.38. The van der Waals surface area contributed by atoms with Crippen molar-refractivity contribution in [2.45, 2.75) is 18.9 Å². The third-order valence-electron chi connectivity index (χ3n) is 3.77. The van der Waals surface area contributed by atoms with Crippen LogP contribution in [0.5, 0.6) is 0 Å². The Bertz CT molecular complexity index is 510. The summed E-state index contributed by atoms with van der Waals surface area (Å²) in [6.07, 6.45) is 0. The average molecular weight is 298 g/mol. The summed E-state index contributed by atoms with van der Waals surface area (Å²) in [6.45, 7) is 4.15. The molecule has 0 radical (unpaired) electrons. The largest absolute Gasteiger partial charge is 0.383 e. The Morgan fingerprint density at radius 3 is 2.76 bits per heavy atom. The monoisotopic (exact) mass is 298 g/mol. The summed E-state index contributed by atoms with van der Waals surface area (Å²) in [4.78, 5) is 13.5. The van der Waals surface area contributed by atoms with E-state index in [0.29, 0.717) is 25.3 Å². The molecule has 1 aliphatic heterocycles. The Labute approximate surface area is 123 Å². The topological polar surface area (TPSA) is 41.6 Å². The number of nitrogens with zero attached hydrogens (tertiary/aromatic N) is 1. The molecule has 1 N–H and O–H groups in total. The van der Waals surface area contributed by atoms with Gasteiger partial charge in [0.25, 0.3) is 0 Å². The lowest BCUT2D eigenvalue weighted by molar-refractivity contribution is -0.119. The Morgan fingerprint density at radius 2 is 2.14 bits per heavy atom. The first-order chi connectivity index (χ1) is 10.0. The molecule has 116 valence electrons. The summed E-state index contributed by atoms with van der Waals surface area (Å²) in [5.74, 6) is -1.89. The van der Waals surface area contributed by atoms with Crippen molar-refractivity contribution in [3.05, 3.63) is 35.4 Å². The standard InChI is InChI=1S/C15H20F2N2O2/c1-10(20)18-15-9-19(5-6-21-2)8-12(15)11-3-4-13(16)14(17)7-11/h3-4,7,12,15H,5-6,8-9H2,1-2H3,(H,18,20)/t12-,15+/m0/s1. The zero-order valence-corrected chi connectivity index (χ0v) is 12.2. The van der Waals surface area contributed by atoms with Crippen molar-refractivity contribution in [2.24, 2.45) is 0 Å². The molecule has 2 atom stereocenters. The number of likely N-dealkylation sites (tertiary alicyclic amines) is 1. The van der Waals surface area contributed by atoms with E-state index in [9.17, 15) is 13.6 Å². The van der Waals surface area contributed by atoms with Crippen LogP contribution >= 0.6 is 0 Å². The maximum Gasteiger partial charge on any atom is 0.217 e. The highest BCUT2D eigenvalue weighted by atomic mass is 19.2. The summed E-state index contributed by atoms with van der Waals surface area (Å²) >= 11 is 0. The van der Waals surface area contributed by atoms with Crippen molar-refractivity contribution in [2.75, 3.05) is 33.4 Å². The van der Waals surface area contributed by atoms with Gasteiger partial charge in [0.2, 0.25) is 5.91 Å². The molecule has 0 aromatic heterocycles. The Hall–Kier alpha value is -1.53. The fraction of sp³-hybridized carbons (Fsp3) is 0.533. The molecular formula is C15H20F2N2O2. The van der Waals surface area contributed by atoms with Crippen LogP contribution in [0.3, 0.4) is 0 Å². The average Bonchev–Trinajstić information content (AvgIpc) is 2.81. The van der Waals surface area contributed by atoms with Crippen molar-refractivity contribution < 1.29 is 18.3 Å². The predicted molar refractivity (Wildman–Crippen MR) is 75.0 cm³/mol. The minimum atomic E-state index is -0.857. The lowest BCUT2D eigenvalue weighted by Gasteiger charge is -2.19. The number of ether oxygens (including phenoxy) is 1. The van der Waals surface area contributed by atoms with Gasteiger partial charge in [-0.05, 0) is 17.7 Å². The van der Waals surface area contributed by atoms with Crippen LogP contribution in [-0.4, -0.2) is 50.2 Å². The zero-order valence-electron chi connectivity index (χ0n) is 12.2. The lowest BCUT2D eigenvalue weighted by atomic mass is 9.94. The van der Waals surface area contributed by atoms with Crippen LogP contribution in [-0.2, 0) is 9.53 Å². The highest BCUT2D eigenvalue weighted by Gasteiger charge is 2.34. The Balaban J connectivity index is 2.16. The van der Waals surface area contributed by atoms with Crippen LogP contribution in [0.4, 0.5) is 8.78 Å². The van der Waals surface area contributed by atoms with E-state index in [0.717, 1.165) is 12.6 Å². The van der Waals surface area contributed by atoms with Crippen molar-refractivity contribution in [1.29, 1.82) is 0 Å². The molecule has 0 aliphatic carbocycles. The van der Waals surface area contributed by atoms with E-state index in [1.807, 2.05) is 0 Å². The van der Waals surface area contributed by atoms with E-state index >= 15 is 0 Å². The maximum absolute atomic E-state index is 13.4. The second-order valence-electron chi connectivity index (χ2n) is 5.34. The molecule has 1 aromatic carbocycles. The molecule has 1 aromatic rings. The van der Waals surface area contributed by atoms with Gasteiger partial charge in [-0.3, -0.25) is 9.69 Å². The van der Waals surface area contributed by atoms with E-state index in [-0.39, 0.29) is 17.9 Å². The SMILES string of the molecule is COCCN1C[C@@H](NC(C)=O)[C@H](c2ccc(F)c(F)c2)C1. The van der Waals surface area contributed by atoms with E-state index < -0.39 is 11.6 Å². The molecule has 1 aliphatic rings. The minimum absolute atomic E-state index is 0.0548. The number of carbonyl (C=O) groups excluding carboxylic acids is 1. The van der Waals surface area contributed by atoms with Gasteiger partial charge in [-0.15, -0.1) is 0 Å². The quantitative estimate of drug-likeness (QED) is 0.896. The molecular weight excluding hydrogens is 278 g/mol. The number of rotatable bonds is 5. The van der Waals surface area contributed by atoms with Crippen LogP contribution in [0.1, 0.15) is 18.4 Å². The zero-order chi connectivity index (χ0) is 15.4. The van der Waals surface area contributed by atoms with Gasteiger partial charge in [0, 0.05) is 45.6 Å². The minimum Gasteiger partial charge on any atom is -0.383 e. The smallest absolute Gasteiger partial charge is 0.217 e. The maximum atomic E-state index is 13.4. The van der Waals surface area contributed by atoms with Gasteiger partial charge < -0.3 is 10.1 Å². The van der Waals surface area contributed by atoms with Gasteiger partial charge in [-0.1, -0.05) is 6.07 Å². The molecule has 6 heteroatoms. The highest BCUT2D eigenvalue weighted by molar-refractivity contribution is 5.73. The van der Waals surface area contributed by atoms with Crippen LogP contribution in [0.15, 0.2) is 18.2 Å². The molecule has 2 rings (SSSR count). The first-order valence-electron chi connectivity index (χ1n) is 6.94. The van der Waals surface area contributed by atoms with Gasteiger partial charge >= 0.3 is 0 Å². The molecule has 0 saturated carbocycles. The van der Waals surface area contributed by atoms with E-state index in [4.69, 9.17) is 4.74 Å². The van der Waals surface area contributed by atoms with Crippen molar-refractivity contribution in [3.63, 3.8) is 0 Å². The second kappa shape index (κ2) is 6.95. The number of amides is 1. The highest BCUT2D eigenvalue weighted by Crippen LogP contribution is 2.28. The van der Waals surface area contributed by atoms with Crippen LogP contribution in [0, 0.1) is 11.6 Å². The predicted octanol–water partition coefficient (Wildman–Crippen LogP) is 1.52. The van der Waals surface area contributed by atoms with Crippen LogP contribution in [0.25, 0.3) is 0 Å². The van der Waals surface area contributed by atoms with Gasteiger partial charge in [0.05, 0.1) is 6.61 Å². The summed E-state index contributed by atoms with van der Waals surface area (Å²) in [5.41, 5.74) is 0.701. The van der Waals surface area contributed by atoms with Crippen LogP contribution in [0.2, 0.25) is 0 Å². The van der Waals surface area contributed by atoms with E-state index in [2.05, 4.69) is 10.2 Å². The summed E-state index contributed by atoms with van der Waals surface area (Å²) in [6, 6.07) is 3.82. The van der Waals surface area contributed by atoms with Crippen molar-refractivity contribution >= 4 is 5.91 Å². The second-order valence-corrected chi connectivity index (χ2v) is 5.34. The van der Waals surface area contributed by atoms with Gasteiger partial charge in [0.15, 0.2) is 11.6 Å². The normalized spacial score (nSPS) is 22.5. The fourth-order valence-electron chi connectivity index (χ4n) is 2.78. The van der Waals surface area contributed by atoms with Crippen molar-refractivity contribution in [3.8, 4) is 0 Å². The first-order valence-corrected chi connectivity index (χ1v) is 6.94. The summed E-state index contributed by atoms with van der Waals surface area (Å²) in [5, 5.41) is 2.89. The number of hydrogen-bond donors (Lipinski definition) is 1. The van der Waals surface area contributed by atoms with E-state index in [1.54, 1.807) is 13.2 Å². The molecule has 0 spiro atoms. The van der Waals surface area contributed by atoms with Crippen molar-refractivity contribution in [1.82, 2.24) is 10.2 Å². The molecule has 1 fully saturated rings. The number of methoxy groups -OCH3 is 1. The molecule has 1 saturated heterocycles. The molecule has 0 unspecified atom stereocenters. The Morgan fingerprint density at radius 1 is 1.38 bits per heavy atom. The third kappa shape index (κ3) is 3.98. The number of halogens is 2. The third-order valence-corrected chi connectivity index (χ3v) is 3.77. The van der Waals surface area contributed by atoms with Gasteiger partial charge in [-0.2, -0.15) is 0 Å². The van der Waals surface area contributed by atoms with Crippen LogP contribution < -0.4 is 5.32 Å². The van der Waals surface area contributed by atoms with E-state index in [1.165, 1.54) is 13.0 Å². The Kier molecular flexibility index (Phi) is 5.25. The van der Waals surface area contributed by atoms with Gasteiger partial charge in [-0.25, -0.2) is 8.78 Å². The summed E-state index contributed by atoms with van der Waals surface area (Å²) in [7, 11) is 1.63. The molecule has 1 heterocycles. The molecule has 4 nitrogen and oxygen atoms in total. The summed E-state index contributed by atoms with van der Waals surface area (Å²) < 4.78 is 31.5. The number of hydrogen-bond acceptors (Lipinski definition) is 3.